The summed E-state index contributed by atoms with van der Waals surface area (Å²) in [4.78, 5) is 47.6. The Hall–Kier alpha value is -2.30. The van der Waals surface area contributed by atoms with Gasteiger partial charge in [-0.05, 0) is 48.5 Å². The molecule has 0 radical (unpaired) electrons. The van der Waals surface area contributed by atoms with Crippen LogP contribution in [0.1, 0.15) is 33.6 Å². The van der Waals surface area contributed by atoms with Crippen LogP contribution in [0.15, 0.2) is 48.5 Å². The van der Waals surface area contributed by atoms with Crippen molar-refractivity contribution >= 4 is 46.3 Å². The zero-order valence-electron chi connectivity index (χ0n) is 12.4. The van der Waals surface area contributed by atoms with Crippen molar-refractivity contribution in [2.45, 2.75) is 12.8 Å². The van der Waals surface area contributed by atoms with Crippen molar-refractivity contribution in [1.29, 1.82) is 0 Å². The first-order chi connectivity index (χ1) is 11.4. The van der Waals surface area contributed by atoms with Gasteiger partial charge >= 0.3 is 0 Å². The Morgan fingerprint density at radius 2 is 0.875 bits per heavy atom. The monoisotopic (exact) mass is 362 g/mol. The van der Waals surface area contributed by atoms with E-state index in [0.29, 0.717) is 10.0 Å². The SMILES string of the molecule is O=C(CC(=O)c1ccc(Cl)cc1)C(=O)CC(=O)c1ccc(Cl)cc1. The lowest BCUT2D eigenvalue weighted by molar-refractivity contribution is -0.135. The third-order valence-electron chi connectivity index (χ3n) is 3.29. The minimum atomic E-state index is -0.891. The number of ketones is 4. The second-order valence-electron chi connectivity index (χ2n) is 5.06. The van der Waals surface area contributed by atoms with E-state index in [4.69, 9.17) is 23.2 Å². The fourth-order valence-electron chi connectivity index (χ4n) is 1.96. The molecule has 0 saturated carbocycles. The van der Waals surface area contributed by atoms with E-state index in [9.17, 15) is 19.2 Å². The van der Waals surface area contributed by atoms with E-state index in [1.54, 1.807) is 0 Å². The highest BCUT2D eigenvalue weighted by atomic mass is 35.5. The second kappa shape index (κ2) is 7.99. The van der Waals surface area contributed by atoms with E-state index >= 15 is 0 Å². The van der Waals surface area contributed by atoms with Crippen LogP contribution in [-0.2, 0) is 9.59 Å². The number of carbonyl (C=O) groups excluding carboxylic acids is 4. The van der Waals surface area contributed by atoms with Crippen LogP contribution in [0.25, 0.3) is 0 Å². The Balaban J connectivity index is 1.95. The van der Waals surface area contributed by atoms with Gasteiger partial charge in [0.15, 0.2) is 11.6 Å². The number of rotatable bonds is 7. The van der Waals surface area contributed by atoms with E-state index in [1.165, 1.54) is 48.5 Å². The van der Waals surface area contributed by atoms with Gasteiger partial charge in [0.2, 0.25) is 11.6 Å². The molecule has 0 heterocycles. The molecule has 0 aliphatic rings. The lowest BCUT2D eigenvalue weighted by Crippen LogP contribution is -2.21. The standard InChI is InChI=1S/C18H12Cl2O4/c19-13-5-1-11(2-6-13)15(21)9-17(23)18(24)10-16(22)12-3-7-14(20)8-4-12/h1-8H,9-10H2. The van der Waals surface area contributed by atoms with Gasteiger partial charge in [0, 0.05) is 21.2 Å². The lowest BCUT2D eigenvalue weighted by atomic mass is 10.00. The fourth-order valence-corrected chi connectivity index (χ4v) is 2.22. The number of Topliss-reactive ketones (excluding diaryl/α,β-unsaturated/α-hetero) is 4. The van der Waals surface area contributed by atoms with E-state index in [1.807, 2.05) is 0 Å². The topological polar surface area (TPSA) is 68.3 Å². The van der Waals surface area contributed by atoms with E-state index in [-0.39, 0.29) is 11.1 Å². The van der Waals surface area contributed by atoms with Crippen molar-refractivity contribution in [3.63, 3.8) is 0 Å². The summed E-state index contributed by atoms with van der Waals surface area (Å²) in [6.45, 7) is 0. The maximum absolute atomic E-state index is 11.9. The van der Waals surface area contributed by atoms with Crippen LogP contribution in [0.4, 0.5) is 0 Å². The molecule has 2 aromatic rings. The van der Waals surface area contributed by atoms with Crippen molar-refractivity contribution in [2.24, 2.45) is 0 Å². The highest BCUT2D eigenvalue weighted by Gasteiger charge is 2.22. The van der Waals surface area contributed by atoms with Crippen LogP contribution < -0.4 is 0 Å². The van der Waals surface area contributed by atoms with Crippen molar-refractivity contribution in [3.8, 4) is 0 Å². The van der Waals surface area contributed by atoms with Gasteiger partial charge in [-0.3, -0.25) is 19.2 Å². The largest absolute Gasteiger partial charge is 0.294 e. The van der Waals surface area contributed by atoms with E-state index < -0.39 is 36.0 Å². The zero-order chi connectivity index (χ0) is 17.7. The summed E-state index contributed by atoms with van der Waals surface area (Å²) in [6, 6.07) is 12.0. The third-order valence-corrected chi connectivity index (χ3v) is 3.79. The van der Waals surface area contributed by atoms with Crippen LogP contribution >= 0.6 is 23.2 Å². The number of hydrogen-bond donors (Lipinski definition) is 0. The van der Waals surface area contributed by atoms with E-state index in [2.05, 4.69) is 0 Å². The van der Waals surface area contributed by atoms with Gasteiger partial charge in [-0.15, -0.1) is 0 Å². The lowest BCUT2D eigenvalue weighted by Gasteiger charge is -2.02. The summed E-state index contributed by atoms with van der Waals surface area (Å²) in [7, 11) is 0. The summed E-state index contributed by atoms with van der Waals surface area (Å²) < 4.78 is 0. The highest BCUT2D eigenvalue weighted by Crippen LogP contribution is 2.13. The molecule has 0 unspecified atom stereocenters. The summed E-state index contributed by atoms with van der Waals surface area (Å²) >= 11 is 11.4. The molecule has 122 valence electrons. The number of halogens is 2. The smallest absolute Gasteiger partial charge is 0.206 e. The molecule has 0 saturated heterocycles. The van der Waals surface area contributed by atoms with Crippen molar-refractivity contribution in [2.75, 3.05) is 0 Å². The summed E-state index contributed by atoms with van der Waals surface area (Å²) in [5.41, 5.74) is 0.564. The molecule has 0 amide bonds. The summed E-state index contributed by atoms with van der Waals surface area (Å²) in [5, 5.41) is 0.921. The summed E-state index contributed by atoms with van der Waals surface area (Å²) in [5.74, 6) is -2.78. The molecule has 0 fully saturated rings. The van der Waals surface area contributed by atoms with Gasteiger partial charge in [0.1, 0.15) is 0 Å². The average molecular weight is 363 g/mol. The predicted molar refractivity (Wildman–Crippen MR) is 90.8 cm³/mol. The Labute approximate surface area is 148 Å². The van der Waals surface area contributed by atoms with Crippen molar-refractivity contribution in [3.05, 3.63) is 69.7 Å². The Kier molecular flexibility index (Phi) is 6.01. The molecule has 0 spiro atoms. The molecular formula is C18H12Cl2O4. The normalized spacial score (nSPS) is 10.2. The molecule has 0 atom stereocenters. The van der Waals surface area contributed by atoms with Crippen LogP contribution in [-0.4, -0.2) is 23.1 Å². The van der Waals surface area contributed by atoms with Crippen molar-refractivity contribution in [1.82, 2.24) is 0 Å². The van der Waals surface area contributed by atoms with Crippen LogP contribution in [0.5, 0.6) is 0 Å². The maximum atomic E-state index is 11.9. The molecule has 6 heteroatoms. The molecule has 2 aromatic carbocycles. The molecule has 4 nitrogen and oxygen atoms in total. The molecule has 0 N–H and O–H groups in total. The fraction of sp³-hybridized carbons (Fsp3) is 0.111. The number of hydrogen-bond acceptors (Lipinski definition) is 4. The van der Waals surface area contributed by atoms with E-state index in [0.717, 1.165) is 0 Å². The number of benzene rings is 2. The van der Waals surface area contributed by atoms with Crippen LogP contribution in [0.2, 0.25) is 10.0 Å². The Bertz CT molecular complexity index is 723. The highest BCUT2D eigenvalue weighted by molar-refractivity contribution is 6.44. The first kappa shape index (κ1) is 18.0. The second-order valence-corrected chi connectivity index (χ2v) is 5.93. The first-order valence-electron chi connectivity index (χ1n) is 7.00. The molecule has 2 rings (SSSR count). The molecule has 0 bridgehead atoms. The van der Waals surface area contributed by atoms with Crippen LogP contribution in [0, 0.1) is 0 Å². The maximum Gasteiger partial charge on any atom is 0.206 e. The average Bonchev–Trinajstić information content (AvgIpc) is 2.55. The first-order valence-corrected chi connectivity index (χ1v) is 7.76. The predicted octanol–water partition coefficient (Wildman–Crippen LogP) is 3.98. The minimum Gasteiger partial charge on any atom is -0.294 e. The number of carbonyl (C=O) groups is 4. The Morgan fingerprint density at radius 3 is 1.17 bits per heavy atom. The third kappa shape index (κ3) is 4.85. The summed E-state index contributed by atoms with van der Waals surface area (Å²) in [6.07, 6.45) is -1.15. The molecule has 0 aliphatic heterocycles. The molecule has 0 aliphatic carbocycles. The van der Waals surface area contributed by atoms with Gasteiger partial charge in [0.25, 0.3) is 0 Å². The molecule has 24 heavy (non-hydrogen) atoms. The van der Waals surface area contributed by atoms with Gasteiger partial charge in [-0.1, -0.05) is 23.2 Å². The quantitative estimate of drug-likeness (QED) is 0.424. The van der Waals surface area contributed by atoms with Gasteiger partial charge in [0.05, 0.1) is 12.8 Å². The minimum absolute atomic E-state index is 0.282. The van der Waals surface area contributed by atoms with Gasteiger partial charge in [-0.25, -0.2) is 0 Å². The Morgan fingerprint density at radius 1 is 0.583 bits per heavy atom. The molecule has 0 aromatic heterocycles. The molecular weight excluding hydrogens is 351 g/mol. The van der Waals surface area contributed by atoms with Crippen molar-refractivity contribution < 1.29 is 19.2 Å². The van der Waals surface area contributed by atoms with Gasteiger partial charge in [-0.2, -0.15) is 0 Å². The van der Waals surface area contributed by atoms with Gasteiger partial charge < -0.3 is 0 Å². The zero-order valence-corrected chi connectivity index (χ0v) is 13.9. The van der Waals surface area contributed by atoms with Crippen LogP contribution in [0.3, 0.4) is 0 Å².